The van der Waals surface area contributed by atoms with Crippen molar-refractivity contribution in [1.29, 1.82) is 0 Å². The standard InChI is InChI=1S/C29H32N2O2S/c1-5-31(22-10-7-6-8-11-22)34(32,33)23-14-15-27-26(18-23)24-12-9-13-25(24)29(30-27)28-20(3)16-19(2)17-21(28)4/h6-12,14-18,24-25,29-30H,5,13H2,1-4H3. The van der Waals surface area contributed by atoms with E-state index in [1.807, 2.05) is 49.4 Å². The number of hydrogen-bond donors (Lipinski definition) is 1. The minimum atomic E-state index is -3.67. The molecule has 0 radical (unpaired) electrons. The van der Waals surface area contributed by atoms with Crippen LogP contribution in [0.5, 0.6) is 0 Å². The summed E-state index contributed by atoms with van der Waals surface area (Å²) in [6.45, 7) is 8.79. The topological polar surface area (TPSA) is 49.4 Å². The zero-order valence-electron chi connectivity index (χ0n) is 20.2. The van der Waals surface area contributed by atoms with Gasteiger partial charge < -0.3 is 5.32 Å². The van der Waals surface area contributed by atoms with Gasteiger partial charge in [0, 0.05) is 18.2 Å². The number of nitrogens with zero attached hydrogens (tertiary/aromatic N) is 1. The highest BCUT2D eigenvalue weighted by Crippen LogP contribution is 2.51. The molecule has 5 heteroatoms. The van der Waals surface area contributed by atoms with Crippen LogP contribution in [0.4, 0.5) is 11.4 Å². The van der Waals surface area contributed by atoms with E-state index in [0.717, 1.165) is 17.7 Å². The van der Waals surface area contributed by atoms with Crippen molar-refractivity contribution in [2.75, 3.05) is 16.2 Å². The predicted molar refractivity (Wildman–Crippen MR) is 140 cm³/mol. The van der Waals surface area contributed by atoms with Gasteiger partial charge in [-0.05, 0) is 92.6 Å². The van der Waals surface area contributed by atoms with Crippen LogP contribution in [-0.4, -0.2) is 15.0 Å². The minimum Gasteiger partial charge on any atom is -0.378 e. The lowest BCUT2D eigenvalue weighted by Gasteiger charge is -2.39. The summed E-state index contributed by atoms with van der Waals surface area (Å²) in [6.07, 6.45) is 5.50. The molecule has 1 aliphatic carbocycles. The van der Waals surface area contributed by atoms with E-state index in [4.69, 9.17) is 0 Å². The van der Waals surface area contributed by atoms with Crippen molar-refractivity contribution in [2.24, 2.45) is 5.92 Å². The number of nitrogens with one attached hydrogen (secondary N) is 1. The third-order valence-corrected chi connectivity index (χ3v) is 9.20. The van der Waals surface area contributed by atoms with E-state index in [2.05, 4.69) is 50.4 Å². The first-order valence-electron chi connectivity index (χ1n) is 12.0. The van der Waals surface area contributed by atoms with E-state index in [0.29, 0.717) is 23.0 Å². The monoisotopic (exact) mass is 472 g/mol. The average Bonchev–Trinajstić information content (AvgIpc) is 3.30. The molecule has 1 N–H and O–H groups in total. The summed E-state index contributed by atoms with van der Waals surface area (Å²) in [7, 11) is -3.67. The van der Waals surface area contributed by atoms with Crippen LogP contribution in [0.3, 0.4) is 0 Å². The van der Waals surface area contributed by atoms with Gasteiger partial charge in [-0.25, -0.2) is 8.42 Å². The molecule has 1 heterocycles. The van der Waals surface area contributed by atoms with E-state index in [1.54, 1.807) is 6.07 Å². The van der Waals surface area contributed by atoms with Crippen LogP contribution in [-0.2, 0) is 10.0 Å². The van der Waals surface area contributed by atoms with Gasteiger partial charge in [0.25, 0.3) is 10.0 Å². The molecule has 5 rings (SSSR count). The summed E-state index contributed by atoms with van der Waals surface area (Å²) in [6, 6.07) is 19.6. The van der Waals surface area contributed by atoms with Gasteiger partial charge in [-0.3, -0.25) is 4.31 Å². The normalized spacial score (nSPS) is 21.0. The average molecular weight is 473 g/mol. The molecule has 3 aromatic carbocycles. The first-order chi connectivity index (χ1) is 16.3. The van der Waals surface area contributed by atoms with Crippen LogP contribution in [0.25, 0.3) is 0 Å². The minimum absolute atomic E-state index is 0.198. The number of fused-ring (bicyclic) bond motifs is 3. The summed E-state index contributed by atoms with van der Waals surface area (Å²) in [4.78, 5) is 0.346. The Kier molecular flexibility index (Phi) is 5.76. The number of benzene rings is 3. The predicted octanol–water partition coefficient (Wildman–Crippen LogP) is 6.65. The molecule has 176 valence electrons. The van der Waals surface area contributed by atoms with Gasteiger partial charge in [-0.15, -0.1) is 0 Å². The van der Waals surface area contributed by atoms with Gasteiger partial charge >= 0.3 is 0 Å². The number of allylic oxidation sites excluding steroid dienone is 2. The molecule has 0 spiro atoms. The summed E-state index contributed by atoms with van der Waals surface area (Å²) in [5.74, 6) is 0.560. The van der Waals surface area contributed by atoms with Crippen molar-refractivity contribution in [2.45, 2.75) is 51.0 Å². The number of rotatable bonds is 5. The highest BCUT2D eigenvalue weighted by molar-refractivity contribution is 7.92. The molecule has 34 heavy (non-hydrogen) atoms. The Morgan fingerprint density at radius 3 is 2.35 bits per heavy atom. The first kappa shape index (κ1) is 22.7. The molecule has 2 aliphatic rings. The maximum absolute atomic E-state index is 13.6. The van der Waals surface area contributed by atoms with E-state index < -0.39 is 10.0 Å². The van der Waals surface area contributed by atoms with E-state index in [1.165, 1.54) is 26.6 Å². The van der Waals surface area contributed by atoms with Crippen molar-refractivity contribution >= 4 is 21.4 Å². The lowest BCUT2D eigenvalue weighted by atomic mass is 9.75. The fourth-order valence-corrected chi connectivity index (χ4v) is 7.42. The Labute approximate surface area is 203 Å². The first-order valence-corrected chi connectivity index (χ1v) is 13.5. The van der Waals surface area contributed by atoms with Gasteiger partial charge in [0.05, 0.1) is 16.6 Å². The fourth-order valence-electron chi connectivity index (χ4n) is 5.91. The van der Waals surface area contributed by atoms with Crippen LogP contribution < -0.4 is 9.62 Å². The smallest absolute Gasteiger partial charge is 0.264 e. The highest BCUT2D eigenvalue weighted by atomic mass is 32.2. The zero-order chi connectivity index (χ0) is 24.0. The molecule has 4 nitrogen and oxygen atoms in total. The zero-order valence-corrected chi connectivity index (χ0v) is 21.1. The second-order valence-corrected chi connectivity index (χ2v) is 11.4. The Hall–Kier alpha value is -3.05. The van der Waals surface area contributed by atoms with Crippen molar-refractivity contribution in [1.82, 2.24) is 0 Å². The van der Waals surface area contributed by atoms with Gasteiger partial charge in [0.2, 0.25) is 0 Å². The van der Waals surface area contributed by atoms with Crippen molar-refractivity contribution in [3.63, 3.8) is 0 Å². The molecule has 0 saturated carbocycles. The van der Waals surface area contributed by atoms with Crippen LogP contribution >= 0.6 is 0 Å². The highest BCUT2D eigenvalue weighted by Gasteiger charge is 2.39. The number of para-hydroxylation sites is 1. The second-order valence-electron chi connectivity index (χ2n) is 9.54. The Morgan fingerprint density at radius 1 is 0.971 bits per heavy atom. The van der Waals surface area contributed by atoms with E-state index in [9.17, 15) is 8.42 Å². The third-order valence-electron chi connectivity index (χ3n) is 7.30. The lowest BCUT2D eigenvalue weighted by molar-refractivity contribution is 0.422. The summed E-state index contributed by atoms with van der Waals surface area (Å²) >= 11 is 0. The second kappa shape index (κ2) is 8.62. The van der Waals surface area contributed by atoms with Gasteiger partial charge in [0.15, 0.2) is 0 Å². The largest absolute Gasteiger partial charge is 0.378 e. The molecule has 0 bridgehead atoms. The van der Waals surface area contributed by atoms with Crippen LogP contribution in [0.15, 0.2) is 77.7 Å². The number of sulfonamides is 1. The quantitative estimate of drug-likeness (QED) is 0.423. The maximum atomic E-state index is 13.6. The van der Waals surface area contributed by atoms with Gasteiger partial charge in [-0.1, -0.05) is 48.0 Å². The van der Waals surface area contributed by atoms with Crippen LogP contribution in [0.2, 0.25) is 0 Å². The summed E-state index contributed by atoms with van der Waals surface area (Å²) in [5, 5.41) is 3.79. The molecule has 3 atom stereocenters. The molecule has 0 saturated heterocycles. The molecule has 0 aromatic heterocycles. The molecule has 0 fully saturated rings. The van der Waals surface area contributed by atoms with Crippen LogP contribution in [0.1, 0.15) is 53.1 Å². The Balaban J connectivity index is 1.56. The Bertz CT molecular complexity index is 1340. The number of anilines is 2. The van der Waals surface area contributed by atoms with E-state index >= 15 is 0 Å². The summed E-state index contributed by atoms with van der Waals surface area (Å²) < 4.78 is 28.8. The fraction of sp³-hybridized carbons (Fsp3) is 0.310. The van der Waals surface area contributed by atoms with Crippen molar-refractivity contribution < 1.29 is 8.42 Å². The molecule has 3 unspecified atom stereocenters. The lowest BCUT2D eigenvalue weighted by Crippen LogP contribution is -2.32. The van der Waals surface area contributed by atoms with Crippen molar-refractivity contribution in [3.8, 4) is 0 Å². The van der Waals surface area contributed by atoms with Crippen molar-refractivity contribution in [3.05, 3.63) is 101 Å². The van der Waals surface area contributed by atoms with Crippen LogP contribution in [0, 0.1) is 26.7 Å². The third kappa shape index (κ3) is 3.72. The SMILES string of the molecule is CCN(c1ccccc1)S(=O)(=O)c1ccc2c(c1)C1C=CCC1C(c1c(C)cc(C)cc1C)N2. The number of aryl methyl sites for hydroxylation is 3. The van der Waals surface area contributed by atoms with Gasteiger partial charge in [0.1, 0.15) is 0 Å². The molecule has 0 amide bonds. The molecule has 3 aromatic rings. The molecular weight excluding hydrogens is 440 g/mol. The van der Waals surface area contributed by atoms with Gasteiger partial charge in [-0.2, -0.15) is 0 Å². The molecule has 1 aliphatic heterocycles. The number of hydrogen-bond acceptors (Lipinski definition) is 3. The molecular formula is C29H32N2O2S. The summed E-state index contributed by atoms with van der Waals surface area (Å²) in [5.41, 5.74) is 8.05. The Morgan fingerprint density at radius 2 is 1.68 bits per heavy atom. The van der Waals surface area contributed by atoms with E-state index in [-0.39, 0.29) is 12.0 Å². The maximum Gasteiger partial charge on any atom is 0.264 e.